The largest absolute Gasteiger partial charge is 0.399 e. The Hall–Kier alpha value is 0.0400. The van der Waals surface area contributed by atoms with Gasteiger partial charge in [0.05, 0.1) is 0 Å². The number of nitrogens with zero attached hydrogens (tertiary/aromatic N) is 1. The van der Waals surface area contributed by atoms with E-state index in [4.69, 9.17) is 5.73 Å². The third kappa shape index (κ3) is 3.21. The number of benzene rings is 1. The van der Waals surface area contributed by atoms with E-state index >= 15 is 0 Å². The average molecular weight is 432 g/mol. The van der Waals surface area contributed by atoms with Crippen molar-refractivity contribution in [3.8, 4) is 0 Å². The fourth-order valence-electron chi connectivity index (χ4n) is 1.82. The third-order valence-electron chi connectivity index (χ3n) is 2.76. The molecule has 1 heterocycles. The van der Waals surface area contributed by atoms with Crippen molar-refractivity contribution in [2.24, 2.45) is 0 Å². The average Bonchev–Trinajstić information content (AvgIpc) is 2.27. The summed E-state index contributed by atoms with van der Waals surface area (Å²) in [5, 5.41) is 0. The Morgan fingerprint density at radius 2 is 1.63 bits per heavy atom. The van der Waals surface area contributed by atoms with Crippen molar-refractivity contribution in [1.82, 2.24) is 4.31 Å². The maximum Gasteiger partial charge on any atom is 0.245 e. The van der Waals surface area contributed by atoms with Gasteiger partial charge in [-0.3, -0.25) is 4.21 Å². The van der Waals surface area contributed by atoms with Crippen LogP contribution < -0.4 is 5.73 Å². The Kier molecular flexibility index (Phi) is 4.71. The van der Waals surface area contributed by atoms with Crippen LogP contribution in [0.5, 0.6) is 0 Å². The fourth-order valence-corrected chi connectivity index (χ4v) is 7.08. The van der Waals surface area contributed by atoms with Gasteiger partial charge in [-0.2, -0.15) is 4.31 Å². The van der Waals surface area contributed by atoms with E-state index < -0.39 is 20.8 Å². The van der Waals surface area contributed by atoms with Crippen LogP contribution in [0.2, 0.25) is 0 Å². The lowest BCUT2D eigenvalue weighted by Gasteiger charge is -2.26. The highest BCUT2D eigenvalue weighted by Gasteiger charge is 2.31. The molecule has 1 aliphatic heterocycles. The summed E-state index contributed by atoms with van der Waals surface area (Å²) in [4.78, 5) is 0.161. The SMILES string of the molecule is Nc1cc(Br)c(S(=O)(=O)N2CCS(=O)CC2)c(Br)c1. The Morgan fingerprint density at radius 3 is 2.11 bits per heavy atom. The molecule has 0 unspecified atom stereocenters. The second-order valence-electron chi connectivity index (χ2n) is 4.07. The first-order valence-corrected chi connectivity index (χ1v) is 9.93. The zero-order chi connectivity index (χ0) is 14.2. The molecule has 0 bridgehead atoms. The first-order chi connectivity index (χ1) is 8.82. The minimum Gasteiger partial charge on any atom is -0.399 e. The number of hydrogen-bond donors (Lipinski definition) is 1. The lowest BCUT2D eigenvalue weighted by atomic mass is 10.3. The molecule has 1 saturated heterocycles. The predicted octanol–water partition coefficient (Wildman–Crippen LogP) is 1.55. The summed E-state index contributed by atoms with van der Waals surface area (Å²) in [6.45, 7) is 0.552. The molecule has 0 aromatic heterocycles. The highest BCUT2D eigenvalue weighted by molar-refractivity contribution is 9.11. The van der Waals surface area contributed by atoms with E-state index in [1.54, 1.807) is 12.1 Å². The van der Waals surface area contributed by atoms with Gasteiger partial charge >= 0.3 is 0 Å². The molecule has 1 aromatic carbocycles. The lowest BCUT2D eigenvalue weighted by molar-refractivity contribution is 0.438. The zero-order valence-electron chi connectivity index (χ0n) is 9.80. The molecule has 0 radical (unpaired) electrons. The molecule has 1 fully saturated rings. The van der Waals surface area contributed by atoms with Crippen LogP contribution in [0.4, 0.5) is 5.69 Å². The number of rotatable bonds is 2. The van der Waals surface area contributed by atoms with Crippen LogP contribution in [0.1, 0.15) is 0 Å². The molecular weight excluding hydrogens is 420 g/mol. The molecule has 0 atom stereocenters. The van der Waals surface area contributed by atoms with Gasteiger partial charge in [0.1, 0.15) is 4.90 Å². The molecule has 2 rings (SSSR count). The maximum absolute atomic E-state index is 12.6. The first kappa shape index (κ1) is 15.4. The molecule has 0 spiro atoms. The van der Waals surface area contributed by atoms with Crippen molar-refractivity contribution < 1.29 is 12.6 Å². The van der Waals surface area contributed by atoms with Crippen molar-refractivity contribution in [3.63, 3.8) is 0 Å². The fraction of sp³-hybridized carbons (Fsp3) is 0.400. The molecule has 5 nitrogen and oxygen atoms in total. The van der Waals surface area contributed by atoms with Crippen molar-refractivity contribution in [2.75, 3.05) is 30.3 Å². The summed E-state index contributed by atoms with van der Waals surface area (Å²) in [5.74, 6) is 0.757. The molecule has 19 heavy (non-hydrogen) atoms. The van der Waals surface area contributed by atoms with Gasteiger partial charge in [0.15, 0.2) is 0 Å². The third-order valence-corrected chi connectivity index (χ3v) is 7.81. The Balaban J connectivity index is 2.43. The minimum absolute atomic E-state index is 0.161. The number of nitrogens with two attached hydrogens (primary N) is 1. The Labute approximate surface area is 131 Å². The van der Waals surface area contributed by atoms with Crippen LogP contribution in [0, 0.1) is 0 Å². The summed E-state index contributed by atoms with van der Waals surface area (Å²) in [6, 6.07) is 3.11. The molecule has 0 aliphatic carbocycles. The zero-order valence-corrected chi connectivity index (χ0v) is 14.6. The summed E-state index contributed by atoms with van der Waals surface area (Å²) in [5.41, 5.74) is 6.13. The normalized spacial score (nSPS) is 18.6. The smallest absolute Gasteiger partial charge is 0.245 e. The highest BCUT2D eigenvalue weighted by Crippen LogP contribution is 2.34. The van der Waals surface area contributed by atoms with Gasteiger partial charge in [-0.15, -0.1) is 0 Å². The van der Waals surface area contributed by atoms with E-state index in [1.807, 2.05) is 0 Å². The van der Waals surface area contributed by atoms with Gasteiger partial charge in [0, 0.05) is 50.0 Å². The van der Waals surface area contributed by atoms with Crippen molar-refractivity contribution in [3.05, 3.63) is 21.1 Å². The predicted molar refractivity (Wildman–Crippen MR) is 82.9 cm³/mol. The molecule has 2 N–H and O–H groups in total. The lowest BCUT2D eigenvalue weighted by Crippen LogP contribution is -2.41. The van der Waals surface area contributed by atoms with E-state index in [0.717, 1.165) is 0 Å². The molecule has 9 heteroatoms. The summed E-state index contributed by atoms with van der Waals surface area (Å²) in [6.07, 6.45) is 0. The van der Waals surface area contributed by atoms with Crippen LogP contribution >= 0.6 is 31.9 Å². The second kappa shape index (κ2) is 5.80. The van der Waals surface area contributed by atoms with Gasteiger partial charge in [-0.05, 0) is 44.0 Å². The first-order valence-electron chi connectivity index (χ1n) is 5.42. The Bertz CT molecular complexity index is 601. The number of halogens is 2. The Morgan fingerprint density at radius 1 is 1.16 bits per heavy atom. The van der Waals surface area contributed by atoms with Crippen molar-refractivity contribution in [1.29, 1.82) is 0 Å². The molecule has 1 aromatic rings. The van der Waals surface area contributed by atoms with Gasteiger partial charge in [-0.25, -0.2) is 8.42 Å². The maximum atomic E-state index is 12.6. The molecular formula is C10H12Br2N2O3S2. The van der Waals surface area contributed by atoms with Crippen LogP contribution in [-0.2, 0) is 20.8 Å². The van der Waals surface area contributed by atoms with Gasteiger partial charge < -0.3 is 5.73 Å². The number of sulfonamides is 1. The number of anilines is 1. The van der Waals surface area contributed by atoms with Crippen LogP contribution in [0.15, 0.2) is 26.0 Å². The van der Waals surface area contributed by atoms with E-state index in [1.165, 1.54) is 4.31 Å². The van der Waals surface area contributed by atoms with E-state index in [2.05, 4.69) is 31.9 Å². The molecule has 0 amide bonds. The van der Waals surface area contributed by atoms with Crippen molar-refractivity contribution in [2.45, 2.75) is 4.90 Å². The standard InChI is InChI=1S/C10H12Br2N2O3S2/c11-8-5-7(13)6-9(12)10(8)19(16,17)14-1-3-18(15)4-2-14/h5-6H,1-4,13H2. The van der Waals surface area contributed by atoms with E-state index in [9.17, 15) is 12.6 Å². The van der Waals surface area contributed by atoms with E-state index in [0.29, 0.717) is 26.1 Å². The number of hydrogen-bond acceptors (Lipinski definition) is 4. The van der Waals surface area contributed by atoms with Crippen LogP contribution in [-0.4, -0.2) is 41.5 Å². The van der Waals surface area contributed by atoms with Crippen LogP contribution in [0.3, 0.4) is 0 Å². The summed E-state index contributed by atoms with van der Waals surface area (Å²) < 4.78 is 38.7. The topological polar surface area (TPSA) is 80.5 Å². The molecule has 106 valence electrons. The molecule has 1 aliphatic rings. The second-order valence-corrected chi connectivity index (χ2v) is 9.35. The van der Waals surface area contributed by atoms with Crippen molar-refractivity contribution >= 4 is 58.4 Å². The highest BCUT2D eigenvalue weighted by atomic mass is 79.9. The minimum atomic E-state index is -3.61. The summed E-state index contributed by atoms with van der Waals surface area (Å²) in [7, 11) is -4.53. The molecule has 0 saturated carbocycles. The van der Waals surface area contributed by atoms with Gasteiger partial charge in [0.2, 0.25) is 10.0 Å². The summed E-state index contributed by atoms with van der Waals surface area (Å²) >= 11 is 6.47. The van der Waals surface area contributed by atoms with Gasteiger partial charge in [-0.1, -0.05) is 0 Å². The van der Waals surface area contributed by atoms with E-state index in [-0.39, 0.29) is 18.0 Å². The monoisotopic (exact) mass is 430 g/mol. The quantitative estimate of drug-likeness (QED) is 0.720. The van der Waals surface area contributed by atoms with Crippen LogP contribution in [0.25, 0.3) is 0 Å². The van der Waals surface area contributed by atoms with Gasteiger partial charge in [0.25, 0.3) is 0 Å². The number of nitrogen functional groups attached to an aromatic ring is 1.